The predicted octanol–water partition coefficient (Wildman–Crippen LogP) is 4.53. The number of hydrogen-bond acceptors (Lipinski definition) is 2. The molecule has 0 aliphatic heterocycles. The van der Waals surface area contributed by atoms with Gasteiger partial charge in [-0.1, -0.05) is 37.9 Å². The van der Waals surface area contributed by atoms with Gasteiger partial charge in [0.05, 0.1) is 0 Å². The van der Waals surface area contributed by atoms with E-state index >= 15 is 0 Å². The molecule has 0 atom stereocenters. The van der Waals surface area contributed by atoms with Crippen LogP contribution in [0.15, 0.2) is 51.4 Å². The minimum atomic E-state index is 0.302. The minimum Gasteiger partial charge on any atom is -0.508 e. The van der Waals surface area contributed by atoms with E-state index in [2.05, 4.69) is 37.2 Å². The van der Waals surface area contributed by atoms with E-state index in [-0.39, 0.29) is 0 Å². The summed E-state index contributed by atoms with van der Waals surface area (Å²) >= 11 is 6.81. The second kappa shape index (κ2) is 5.56. The molecule has 0 aliphatic carbocycles. The smallest absolute Gasteiger partial charge is 0.120 e. The lowest BCUT2D eigenvalue weighted by Crippen LogP contribution is -1.99. The quantitative estimate of drug-likeness (QED) is 0.846. The fraction of sp³-hybridized carbons (Fsp3) is 0.0769. The molecule has 88 valence electrons. The van der Waals surface area contributed by atoms with Gasteiger partial charge in [-0.05, 0) is 36.4 Å². The molecule has 4 heteroatoms. The molecule has 0 heterocycles. The summed E-state index contributed by atoms with van der Waals surface area (Å²) in [5.41, 5.74) is 1.87. The highest BCUT2D eigenvalue weighted by Crippen LogP contribution is 2.23. The SMILES string of the molecule is Oc1ccc(Br)cc1CNc1cccc(Br)c1. The molecule has 2 nitrogen and oxygen atoms in total. The van der Waals surface area contributed by atoms with Gasteiger partial charge in [0.1, 0.15) is 5.75 Å². The molecule has 0 amide bonds. The Morgan fingerprint density at radius 3 is 2.53 bits per heavy atom. The number of anilines is 1. The first-order valence-corrected chi connectivity index (χ1v) is 6.70. The Kier molecular flexibility index (Phi) is 4.07. The van der Waals surface area contributed by atoms with Gasteiger partial charge in [-0.2, -0.15) is 0 Å². The summed E-state index contributed by atoms with van der Waals surface area (Å²) in [6.45, 7) is 0.585. The summed E-state index contributed by atoms with van der Waals surface area (Å²) in [6.07, 6.45) is 0. The molecule has 2 aromatic rings. The first kappa shape index (κ1) is 12.5. The molecule has 0 spiro atoms. The molecular weight excluding hydrogens is 346 g/mol. The summed E-state index contributed by atoms with van der Waals surface area (Å²) in [5.74, 6) is 0.302. The molecule has 0 unspecified atom stereocenters. The van der Waals surface area contributed by atoms with Crippen LogP contribution in [0.5, 0.6) is 5.75 Å². The fourth-order valence-corrected chi connectivity index (χ4v) is 2.30. The van der Waals surface area contributed by atoms with Gasteiger partial charge in [-0.15, -0.1) is 0 Å². The predicted molar refractivity (Wildman–Crippen MR) is 77.3 cm³/mol. The van der Waals surface area contributed by atoms with Crippen LogP contribution < -0.4 is 5.32 Å². The average Bonchev–Trinajstić information content (AvgIpc) is 2.30. The number of nitrogens with one attached hydrogen (secondary N) is 1. The van der Waals surface area contributed by atoms with Crippen LogP contribution in [0.2, 0.25) is 0 Å². The molecule has 0 bridgehead atoms. The lowest BCUT2D eigenvalue weighted by Gasteiger charge is -2.09. The zero-order chi connectivity index (χ0) is 12.3. The molecule has 0 aromatic heterocycles. The van der Waals surface area contributed by atoms with E-state index < -0.39 is 0 Å². The second-order valence-corrected chi connectivity index (χ2v) is 5.47. The molecule has 0 saturated carbocycles. The van der Waals surface area contributed by atoms with E-state index in [0.29, 0.717) is 12.3 Å². The molecule has 0 saturated heterocycles. The topological polar surface area (TPSA) is 32.3 Å². The highest BCUT2D eigenvalue weighted by molar-refractivity contribution is 9.10. The standard InChI is InChI=1S/C13H11Br2NO/c14-10-2-1-3-12(7-10)16-8-9-6-11(15)4-5-13(9)17/h1-7,16-17H,8H2. The monoisotopic (exact) mass is 355 g/mol. The van der Waals surface area contributed by atoms with Crippen molar-refractivity contribution in [2.45, 2.75) is 6.54 Å². The van der Waals surface area contributed by atoms with Crippen LogP contribution in [0.25, 0.3) is 0 Å². The summed E-state index contributed by atoms with van der Waals surface area (Å²) in [6, 6.07) is 13.3. The number of phenols is 1. The third-order valence-corrected chi connectivity index (χ3v) is 3.34. The van der Waals surface area contributed by atoms with Crippen molar-refractivity contribution < 1.29 is 5.11 Å². The van der Waals surface area contributed by atoms with Gasteiger partial charge < -0.3 is 10.4 Å². The Hall–Kier alpha value is -1.00. The highest BCUT2D eigenvalue weighted by Gasteiger charge is 2.01. The van der Waals surface area contributed by atoms with E-state index in [0.717, 1.165) is 20.2 Å². The van der Waals surface area contributed by atoms with Gasteiger partial charge in [-0.25, -0.2) is 0 Å². The van der Waals surface area contributed by atoms with Crippen molar-refractivity contribution in [1.82, 2.24) is 0 Å². The van der Waals surface area contributed by atoms with Gasteiger partial charge in [0.25, 0.3) is 0 Å². The largest absolute Gasteiger partial charge is 0.508 e. The van der Waals surface area contributed by atoms with Gasteiger partial charge >= 0.3 is 0 Å². The second-order valence-electron chi connectivity index (χ2n) is 3.64. The number of aromatic hydroxyl groups is 1. The van der Waals surface area contributed by atoms with Crippen molar-refractivity contribution in [2.24, 2.45) is 0 Å². The molecule has 0 radical (unpaired) electrons. The Bertz CT molecular complexity index is 529. The van der Waals surface area contributed by atoms with Crippen LogP contribution in [0.1, 0.15) is 5.56 Å². The molecular formula is C13H11Br2NO. The molecule has 0 aliphatic rings. The van der Waals surface area contributed by atoms with Crippen LogP contribution in [-0.4, -0.2) is 5.11 Å². The van der Waals surface area contributed by atoms with Crippen molar-refractivity contribution in [1.29, 1.82) is 0 Å². The number of hydrogen-bond donors (Lipinski definition) is 2. The zero-order valence-electron chi connectivity index (χ0n) is 8.95. The van der Waals surface area contributed by atoms with Crippen molar-refractivity contribution in [3.63, 3.8) is 0 Å². The Balaban J connectivity index is 2.09. The van der Waals surface area contributed by atoms with Gasteiger partial charge in [-0.3, -0.25) is 0 Å². The first-order valence-electron chi connectivity index (χ1n) is 5.12. The number of phenolic OH excluding ortho intramolecular Hbond substituents is 1. The average molecular weight is 357 g/mol. The maximum atomic E-state index is 9.70. The third-order valence-electron chi connectivity index (χ3n) is 2.35. The maximum absolute atomic E-state index is 9.70. The van der Waals surface area contributed by atoms with E-state index in [1.165, 1.54) is 0 Å². The summed E-state index contributed by atoms with van der Waals surface area (Å²) in [4.78, 5) is 0. The maximum Gasteiger partial charge on any atom is 0.120 e. The molecule has 2 rings (SSSR count). The molecule has 17 heavy (non-hydrogen) atoms. The summed E-state index contributed by atoms with van der Waals surface area (Å²) < 4.78 is 1.99. The lowest BCUT2D eigenvalue weighted by atomic mass is 10.2. The van der Waals surface area contributed by atoms with Gasteiger partial charge in [0.15, 0.2) is 0 Å². The van der Waals surface area contributed by atoms with E-state index in [1.807, 2.05) is 36.4 Å². The molecule has 2 aromatic carbocycles. The van der Waals surface area contributed by atoms with Crippen molar-refractivity contribution in [3.05, 3.63) is 57.0 Å². The number of rotatable bonds is 3. The summed E-state index contributed by atoms with van der Waals surface area (Å²) in [7, 11) is 0. The normalized spacial score (nSPS) is 10.2. The van der Waals surface area contributed by atoms with Crippen molar-refractivity contribution in [3.8, 4) is 5.75 Å². The van der Waals surface area contributed by atoms with Crippen molar-refractivity contribution >= 4 is 37.5 Å². The lowest BCUT2D eigenvalue weighted by molar-refractivity contribution is 0.469. The van der Waals surface area contributed by atoms with Crippen LogP contribution in [0.4, 0.5) is 5.69 Å². The van der Waals surface area contributed by atoms with E-state index in [9.17, 15) is 5.11 Å². The summed E-state index contributed by atoms with van der Waals surface area (Å²) in [5, 5.41) is 13.0. The van der Waals surface area contributed by atoms with Crippen LogP contribution in [-0.2, 0) is 6.54 Å². The highest BCUT2D eigenvalue weighted by atomic mass is 79.9. The Labute approximate surface area is 117 Å². The van der Waals surface area contributed by atoms with E-state index in [1.54, 1.807) is 6.07 Å². The Morgan fingerprint density at radius 2 is 1.76 bits per heavy atom. The first-order chi connectivity index (χ1) is 8.15. The minimum absolute atomic E-state index is 0.302. The zero-order valence-corrected chi connectivity index (χ0v) is 12.1. The van der Waals surface area contributed by atoms with Crippen LogP contribution in [0, 0.1) is 0 Å². The molecule has 2 N–H and O–H groups in total. The third kappa shape index (κ3) is 3.48. The number of benzene rings is 2. The Morgan fingerprint density at radius 1 is 1.00 bits per heavy atom. The van der Waals surface area contributed by atoms with Gasteiger partial charge in [0, 0.05) is 26.7 Å². The van der Waals surface area contributed by atoms with Crippen molar-refractivity contribution in [2.75, 3.05) is 5.32 Å². The van der Waals surface area contributed by atoms with Crippen LogP contribution in [0.3, 0.4) is 0 Å². The van der Waals surface area contributed by atoms with Gasteiger partial charge in [0.2, 0.25) is 0 Å². The number of halogens is 2. The van der Waals surface area contributed by atoms with Crippen LogP contribution >= 0.6 is 31.9 Å². The fourth-order valence-electron chi connectivity index (χ4n) is 1.49. The molecule has 0 fully saturated rings. The van der Waals surface area contributed by atoms with E-state index in [4.69, 9.17) is 0 Å².